The molecule has 0 aliphatic heterocycles. The van der Waals surface area contributed by atoms with Gasteiger partial charge in [0.2, 0.25) is 0 Å². The number of hydrogen-bond donors (Lipinski definition) is 2. The van der Waals surface area contributed by atoms with Crippen LogP contribution < -0.4 is 0 Å². The van der Waals surface area contributed by atoms with Crippen molar-refractivity contribution in [1.29, 1.82) is 0 Å². The van der Waals surface area contributed by atoms with E-state index in [1.54, 1.807) is 0 Å². The van der Waals surface area contributed by atoms with Crippen molar-refractivity contribution in [2.24, 2.45) is 11.3 Å². The average Bonchev–Trinajstić information content (AvgIpc) is 2.33. The van der Waals surface area contributed by atoms with Crippen molar-refractivity contribution in [3.63, 3.8) is 0 Å². The predicted molar refractivity (Wildman–Crippen MR) is 70.1 cm³/mol. The summed E-state index contributed by atoms with van der Waals surface area (Å²) in [5.74, 6) is -1.04. The van der Waals surface area contributed by atoms with Crippen LogP contribution in [0.25, 0.3) is 0 Å². The second-order valence-electron chi connectivity index (χ2n) is 5.61. The fraction of sp³-hybridized carbons (Fsp3) is 0.533. The summed E-state index contributed by atoms with van der Waals surface area (Å²) in [5, 5.41) is 19.2. The molecule has 0 aromatic rings. The van der Waals surface area contributed by atoms with Crippen molar-refractivity contribution >= 4 is 5.97 Å². The van der Waals surface area contributed by atoms with Crippen LogP contribution in [0.2, 0.25) is 0 Å². The van der Waals surface area contributed by atoms with E-state index in [9.17, 15) is 9.90 Å². The van der Waals surface area contributed by atoms with E-state index in [1.165, 1.54) is 0 Å². The van der Waals surface area contributed by atoms with Crippen molar-refractivity contribution < 1.29 is 15.0 Å². The Balaban J connectivity index is 2.39. The molecule has 0 heterocycles. The molecule has 98 valence electrons. The Kier molecular flexibility index (Phi) is 3.20. The zero-order valence-electron chi connectivity index (χ0n) is 10.9. The highest BCUT2D eigenvalue weighted by atomic mass is 16.4. The fourth-order valence-corrected chi connectivity index (χ4v) is 3.08. The summed E-state index contributed by atoms with van der Waals surface area (Å²) < 4.78 is 0. The highest BCUT2D eigenvalue weighted by Gasteiger charge is 2.42. The molecule has 0 fully saturated rings. The van der Waals surface area contributed by atoms with E-state index in [0.717, 1.165) is 24.0 Å². The maximum Gasteiger partial charge on any atom is 0.331 e. The van der Waals surface area contributed by atoms with Crippen molar-refractivity contribution in [2.45, 2.75) is 39.2 Å². The molecule has 0 saturated heterocycles. The van der Waals surface area contributed by atoms with Crippen molar-refractivity contribution in [1.82, 2.24) is 0 Å². The van der Waals surface area contributed by atoms with Gasteiger partial charge >= 0.3 is 5.97 Å². The third-order valence-corrected chi connectivity index (χ3v) is 4.49. The zero-order valence-corrected chi connectivity index (χ0v) is 10.9. The number of carboxylic acids is 1. The van der Waals surface area contributed by atoms with Crippen LogP contribution in [0.15, 0.2) is 35.5 Å². The molecule has 3 heteroatoms. The van der Waals surface area contributed by atoms with Gasteiger partial charge in [0.1, 0.15) is 0 Å². The van der Waals surface area contributed by atoms with E-state index in [-0.39, 0.29) is 23.0 Å². The summed E-state index contributed by atoms with van der Waals surface area (Å²) in [6, 6.07) is 0. The normalized spacial score (nSPS) is 35.3. The number of aliphatic hydroxyl groups is 1. The maximum atomic E-state index is 11.0. The van der Waals surface area contributed by atoms with Crippen LogP contribution in [0.4, 0.5) is 0 Å². The molecular formula is C15H20O3. The second-order valence-corrected chi connectivity index (χ2v) is 5.61. The first-order chi connectivity index (χ1) is 8.36. The Morgan fingerprint density at radius 3 is 2.83 bits per heavy atom. The van der Waals surface area contributed by atoms with Crippen molar-refractivity contribution in [3.8, 4) is 0 Å². The lowest BCUT2D eigenvalue weighted by Crippen LogP contribution is -2.40. The lowest BCUT2D eigenvalue weighted by atomic mass is 9.62. The first-order valence-corrected chi connectivity index (χ1v) is 6.36. The third kappa shape index (κ3) is 1.93. The largest absolute Gasteiger partial charge is 0.478 e. The highest BCUT2D eigenvalue weighted by molar-refractivity contribution is 5.87. The first kappa shape index (κ1) is 13.1. The molecule has 0 amide bonds. The summed E-state index contributed by atoms with van der Waals surface area (Å²) in [5.41, 5.74) is 2.27. The van der Waals surface area contributed by atoms with Gasteiger partial charge in [0, 0.05) is 16.9 Å². The number of carboxylic acid groups (broad SMARTS) is 1. The average molecular weight is 248 g/mol. The minimum Gasteiger partial charge on any atom is -0.478 e. The van der Waals surface area contributed by atoms with Gasteiger partial charge < -0.3 is 10.2 Å². The Labute approximate surface area is 108 Å². The number of rotatable bonds is 2. The topological polar surface area (TPSA) is 57.5 Å². The Bertz CT molecular complexity index is 458. The van der Waals surface area contributed by atoms with Crippen LogP contribution in [0.3, 0.4) is 0 Å². The summed E-state index contributed by atoms with van der Waals surface area (Å²) in [4.78, 5) is 11.0. The summed E-state index contributed by atoms with van der Waals surface area (Å²) in [7, 11) is 0. The van der Waals surface area contributed by atoms with Gasteiger partial charge in [-0.15, -0.1) is 0 Å². The molecule has 2 aliphatic rings. The summed E-state index contributed by atoms with van der Waals surface area (Å²) in [6.07, 6.45) is 5.90. The lowest BCUT2D eigenvalue weighted by Gasteiger charge is -2.44. The van der Waals surface area contributed by atoms with Gasteiger partial charge in [0.25, 0.3) is 0 Å². The van der Waals surface area contributed by atoms with Crippen molar-refractivity contribution in [3.05, 3.63) is 35.5 Å². The molecule has 18 heavy (non-hydrogen) atoms. The molecule has 3 nitrogen and oxygen atoms in total. The van der Waals surface area contributed by atoms with E-state index < -0.39 is 5.97 Å². The number of allylic oxidation sites excluding steroid dienone is 2. The van der Waals surface area contributed by atoms with Gasteiger partial charge in [0.15, 0.2) is 0 Å². The van der Waals surface area contributed by atoms with Gasteiger partial charge in [-0.05, 0) is 31.8 Å². The molecular weight excluding hydrogens is 228 g/mol. The van der Waals surface area contributed by atoms with Crippen LogP contribution in [0.5, 0.6) is 0 Å². The molecule has 3 atom stereocenters. The fourth-order valence-electron chi connectivity index (χ4n) is 3.08. The van der Waals surface area contributed by atoms with Gasteiger partial charge in [-0.3, -0.25) is 0 Å². The second kappa shape index (κ2) is 4.39. The standard InChI is InChI=1S/C15H20O3/c1-9-4-5-13(16)15(3)7-6-11(8-12(9)15)10(2)14(17)18/h4,8,11,13,16H,2,5-7H2,1,3H3,(H,17,18)/t11-,13-,15-/m1/s1. The number of fused-ring (bicyclic) bond motifs is 1. The van der Waals surface area contributed by atoms with Crippen LogP contribution >= 0.6 is 0 Å². The Morgan fingerprint density at radius 2 is 2.22 bits per heavy atom. The molecule has 0 unspecified atom stereocenters. The van der Waals surface area contributed by atoms with Gasteiger partial charge in [0.05, 0.1) is 6.10 Å². The molecule has 0 saturated carbocycles. The predicted octanol–water partition coefficient (Wildman–Crippen LogP) is 2.68. The number of aliphatic hydroxyl groups excluding tert-OH is 1. The van der Waals surface area contributed by atoms with E-state index in [4.69, 9.17) is 5.11 Å². The van der Waals surface area contributed by atoms with Gasteiger partial charge in [-0.2, -0.15) is 0 Å². The van der Waals surface area contributed by atoms with E-state index in [0.29, 0.717) is 6.42 Å². The summed E-state index contributed by atoms with van der Waals surface area (Å²) >= 11 is 0. The lowest BCUT2D eigenvalue weighted by molar-refractivity contribution is -0.133. The highest BCUT2D eigenvalue weighted by Crippen LogP contribution is 2.49. The van der Waals surface area contributed by atoms with E-state index in [2.05, 4.69) is 13.5 Å². The minimum atomic E-state index is -0.932. The van der Waals surface area contributed by atoms with E-state index >= 15 is 0 Å². The number of aliphatic carboxylic acids is 1. The van der Waals surface area contributed by atoms with Crippen LogP contribution in [-0.4, -0.2) is 22.3 Å². The molecule has 2 aliphatic carbocycles. The number of carbonyl (C=O) groups is 1. The van der Waals surface area contributed by atoms with Gasteiger partial charge in [-0.1, -0.05) is 31.2 Å². The molecule has 0 bridgehead atoms. The SMILES string of the molecule is C=C(C(=O)O)[C@H]1C=C2C(C)=CC[C@@H](O)[C@]2(C)CC1. The van der Waals surface area contributed by atoms with Crippen LogP contribution in [0, 0.1) is 11.3 Å². The van der Waals surface area contributed by atoms with Crippen molar-refractivity contribution in [2.75, 3.05) is 0 Å². The maximum absolute atomic E-state index is 11.0. The van der Waals surface area contributed by atoms with Crippen LogP contribution in [-0.2, 0) is 4.79 Å². The zero-order chi connectivity index (χ0) is 13.5. The molecule has 2 rings (SSSR count). The molecule has 2 N–H and O–H groups in total. The van der Waals surface area contributed by atoms with Crippen LogP contribution in [0.1, 0.15) is 33.1 Å². The van der Waals surface area contributed by atoms with E-state index in [1.807, 2.05) is 19.1 Å². The smallest absolute Gasteiger partial charge is 0.331 e. The third-order valence-electron chi connectivity index (χ3n) is 4.49. The Hall–Kier alpha value is -1.35. The first-order valence-electron chi connectivity index (χ1n) is 6.36. The monoisotopic (exact) mass is 248 g/mol. The summed E-state index contributed by atoms with van der Waals surface area (Å²) in [6.45, 7) is 7.76. The molecule has 0 aromatic heterocycles. The Morgan fingerprint density at radius 1 is 1.56 bits per heavy atom. The molecule has 0 radical (unpaired) electrons. The molecule has 0 spiro atoms. The number of hydrogen-bond acceptors (Lipinski definition) is 2. The quantitative estimate of drug-likeness (QED) is 0.739. The molecule has 0 aromatic carbocycles. The van der Waals surface area contributed by atoms with Gasteiger partial charge in [-0.25, -0.2) is 4.79 Å². The minimum absolute atomic E-state index is 0.112.